The third-order valence-corrected chi connectivity index (χ3v) is 6.43. The highest BCUT2D eigenvalue weighted by Crippen LogP contribution is 2.43. The SMILES string of the molecule is FCCO/N=C(/c1cnc(CN2CCC3(CC2)OCc2ccncc23)nc1)c1ccc(F)c(F)c1. The van der Waals surface area contributed by atoms with Crippen molar-refractivity contribution in [2.75, 3.05) is 26.4 Å². The molecule has 0 amide bonds. The van der Waals surface area contributed by atoms with E-state index in [1.165, 1.54) is 17.2 Å². The quantitative estimate of drug-likeness (QED) is 0.288. The molecule has 0 unspecified atom stereocenters. The van der Waals surface area contributed by atoms with Gasteiger partial charge < -0.3 is 9.57 Å². The molecule has 1 spiro atoms. The third kappa shape index (κ3) is 4.89. The molecule has 5 rings (SSSR count). The summed E-state index contributed by atoms with van der Waals surface area (Å²) in [4.78, 5) is 20.4. The van der Waals surface area contributed by atoms with Gasteiger partial charge in [0.1, 0.15) is 24.8 Å². The molecule has 1 saturated heterocycles. The molecule has 3 aromatic rings. The summed E-state index contributed by atoms with van der Waals surface area (Å²) in [6, 6.07) is 5.39. The number of piperidine rings is 1. The molecule has 0 atom stereocenters. The second kappa shape index (κ2) is 10.1. The molecule has 7 nitrogen and oxygen atoms in total. The summed E-state index contributed by atoms with van der Waals surface area (Å²) >= 11 is 0. The molecule has 0 saturated carbocycles. The summed E-state index contributed by atoms with van der Waals surface area (Å²) in [5, 5.41) is 3.91. The van der Waals surface area contributed by atoms with Crippen LogP contribution in [0.2, 0.25) is 0 Å². The Morgan fingerprint density at radius 1 is 1.06 bits per heavy atom. The summed E-state index contributed by atoms with van der Waals surface area (Å²) < 4.78 is 45.8. The van der Waals surface area contributed by atoms with E-state index < -0.39 is 18.3 Å². The van der Waals surface area contributed by atoms with Gasteiger partial charge in [0.05, 0.1) is 18.8 Å². The molecule has 1 fully saturated rings. The van der Waals surface area contributed by atoms with Gasteiger partial charge in [-0.05, 0) is 42.7 Å². The number of aromatic nitrogens is 3. The van der Waals surface area contributed by atoms with Crippen LogP contribution >= 0.6 is 0 Å². The van der Waals surface area contributed by atoms with Crippen LogP contribution in [0.25, 0.3) is 0 Å². The van der Waals surface area contributed by atoms with E-state index in [9.17, 15) is 13.2 Å². The van der Waals surface area contributed by atoms with Crippen molar-refractivity contribution in [2.45, 2.75) is 31.6 Å². The monoisotopic (exact) mass is 483 g/mol. The normalized spacial score (nSPS) is 17.5. The minimum Gasteiger partial charge on any atom is -0.392 e. The Labute approximate surface area is 200 Å². The van der Waals surface area contributed by atoms with Crippen molar-refractivity contribution >= 4 is 5.71 Å². The molecule has 35 heavy (non-hydrogen) atoms. The molecule has 2 aliphatic heterocycles. The fraction of sp³-hybridized carbons (Fsp3) is 0.360. The van der Waals surface area contributed by atoms with Crippen molar-refractivity contribution in [3.8, 4) is 0 Å². The van der Waals surface area contributed by atoms with E-state index in [1.54, 1.807) is 18.6 Å². The van der Waals surface area contributed by atoms with Crippen LogP contribution in [0.5, 0.6) is 0 Å². The predicted octanol–water partition coefficient (Wildman–Crippen LogP) is 3.91. The lowest BCUT2D eigenvalue weighted by atomic mass is 9.85. The molecule has 1 aromatic carbocycles. The lowest BCUT2D eigenvalue weighted by molar-refractivity contribution is -0.0802. The van der Waals surface area contributed by atoms with Gasteiger partial charge >= 0.3 is 0 Å². The predicted molar refractivity (Wildman–Crippen MR) is 121 cm³/mol. The zero-order valence-corrected chi connectivity index (χ0v) is 19.0. The Balaban J connectivity index is 1.27. The molecule has 0 radical (unpaired) electrons. The smallest absolute Gasteiger partial charge is 0.159 e. The van der Waals surface area contributed by atoms with Gasteiger partial charge in [0.2, 0.25) is 0 Å². The molecule has 10 heteroatoms. The number of hydrogen-bond acceptors (Lipinski definition) is 7. The van der Waals surface area contributed by atoms with Crippen LogP contribution in [0.3, 0.4) is 0 Å². The van der Waals surface area contributed by atoms with Crippen LogP contribution in [0.15, 0.2) is 54.2 Å². The van der Waals surface area contributed by atoms with Gasteiger partial charge in [-0.25, -0.2) is 23.1 Å². The van der Waals surface area contributed by atoms with Gasteiger partial charge in [0.15, 0.2) is 11.6 Å². The molecule has 2 aliphatic rings. The molecular formula is C25H24F3N5O2. The number of oxime groups is 1. The van der Waals surface area contributed by atoms with E-state index in [0.717, 1.165) is 38.1 Å². The fourth-order valence-corrected chi connectivity index (χ4v) is 4.56. The first-order valence-corrected chi connectivity index (χ1v) is 11.4. The highest BCUT2D eigenvalue weighted by molar-refractivity contribution is 6.12. The van der Waals surface area contributed by atoms with Crippen LogP contribution in [-0.4, -0.2) is 51.9 Å². The Kier molecular flexibility index (Phi) is 6.74. The number of rotatable bonds is 7. The Morgan fingerprint density at radius 3 is 2.60 bits per heavy atom. The van der Waals surface area contributed by atoms with Gasteiger partial charge in [0, 0.05) is 54.6 Å². The number of nitrogens with zero attached hydrogens (tertiary/aromatic N) is 5. The number of benzene rings is 1. The standard InChI is InChI=1S/C25H24F3N5O2/c26-6-10-35-32-24(17-1-2-21(27)22(28)11-17)19-12-30-23(31-13-19)15-33-8-4-25(5-9-33)20-14-29-7-3-18(20)16-34-25/h1-3,7,11-14H,4-6,8-10,15-16H2/b32-24+. The Hall–Kier alpha value is -3.37. The summed E-state index contributed by atoms with van der Waals surface area (Å²) in [5.41, 5.74) is 3.04. The lowest BCUT2D eigenvalue weighted by Crippen LogP contribution is -2.42. The number of ether oxygens (including phenoxy) is 1. The van der Waals surface area contributed by atoms with Crippen molar-refractivity contribution in [2.24, 2.45) is 5.16 Å². The van der Waals surface area contributed by atoms with Crippen LogP contribution in [0, 0.1) is 11.6 Å². The minimum absolute atomic E-state index is 0.189. The average molecular weight is 483 g/mol. The van der Waals surface area contributed by atoms with Crippen LogP contribution < -0.4 is 0 Å². The highest BCUT2D eigenvalue weighted by atomic mass is 19.2. The first-order valence-electron chi connectivity index (χ1n) is 11.4. The number of alkyl halides is 1. The van der Waals surface area contributed by atoms with Gasteiger partial charge in [0.25, 0.3) is 0 Å². The van der Waals surface area contributed by atoms with Crippen LogP contribution in [0.4, 0.5) is 13.2 Å². The van der Waals surface area contributed by atoms with Crippen LogP contribution in [0.1, 0.15) is 40.9 Å². The van der Waals surface area contributed by atoms with Crippen LogP contribution in [-0.2, 0) is 28.3 Å². The third-order valence-electron chi connectivity index (χ3n) is 6.43. The zero-order chi connectivity index (χ0) is 24.3. The summed E-state index contributed by atoms with van der Waals surface area (Å²) in [7, 11) is 0. The zero-order valence-electron chi connectivity index (χ0n) is 19.0. The van der Waals surface area contributed by atoms with E-state index in [2.05, 4.69) is 25.0 Å². The average Bonchev–Trinajstić information content (AvgIpc) is 3.24. The summed E-state index contributed by atoms with van der Waals surface area (Å²) in [6.07, 6.45) is 8.55. The Bertz CT molecular complexity index is 1210. The maximum atomic E-state index is 13.8. The van der Waals surface area contributed by atoms with Gasteiger partial charge in [-0.3, -0.25) is 9.88 Å². The minimum atomic E-state index is -1.02. The second-order valence-electron chi connectivity index (χ2n) is 8.57. The van der Waals surface area contributed by atoms with Gasteiger partial charge in [-0.15, -0.1) is 0 Å². The topological polar surface area (TPSA) is 72.7 Å². The molecule has 0 bridgehead atoms. The molecule has 0 aliphatic carbocycles. The van der Waals surface area contributed by atoms with Gasteiger partial charge in [-0.2, -0.15) is 0 Å². The molecule has 4 heterocycles. The van der Waals surface area contributed by atoms with E-state index >= 15 is 0 Å². The molecule has 2 aromatic heterocycles. The van der Waals surface area contributed by atoms with Crippen molar-refractivity contribution in [1.29, 1.82) is 0 Å². The number of pyridine rings is 1. The van der Waals surface area contributed by atoms with E-state index in [1.807, 2.05) is 12.3 Å². The number of hydrogen-bond donors (Lipinski definition) is 0. The first-order chi connectivity index (χ1) is 17.1. The maximum absolute atomic E-state index is 13.8. The number of fused-ring (bicyclic) bond motifs is 2. The molecule has 0 N–H and O–H groups in total. The number of likely N-dealkylation sites (tertiary alicyclic amines) is 1. The van der Waals surface area contributed by atoms with E-state index in [4.69, 9.17) is 9.57 Å². The van der Waals surface area contributed by atoms with E-state index in [-0.39, 0.29) is 23.5 Å². The van der Waals surface area contributed by atoms with Crippen molar-refractivity contribution in [1.82, 2.24) is 19.9 Å². The largest absolute Gasteiger partial charge is 0.392 e. The second-order valence-corrected chi connectivity index (χ2v) is 8.57. The lowest BCUT2D eigenvalue weighted by Gasteiger charge is -2.38. The van der Waals surface area contributed by atoms with E-state index in [0.29, 0.717) is 24.5 Å². The Morgan fingerprint density at radius 2 is 1.86 bits per heavy atom. The van der Waals surface area contributed by atoms with Crippen molar-refractivity contribution in [3.63, 3.8) is 0 Å². The highest BCUT2D eigenvalue weighted by Gasteiger charge is 2.42. The fourth-order valence-electron chi connectivity index (χ4n) is 4.56. The van der Waals surface area contributed by atoms with Crippen molar-refractivity contribution < 1.29 is 22.7 Å². The first kappa shape index (κ1) is 23.4. The number of halogens is 3. The maximum Gasteiger partial charge on any atom is 0.159 e. The molecular weight excluding hydrogens is 459 g/mol. The summed E-state index contributed by atoms with van der Waals surface area (Å²) in [6.45, 7) is 1.86. The summed E-state index contributed by atoms with van der Waals surface area (Å²) in [5.74, 6) is -1.38. The van der Waals surface area contributed by atoms with Crippen molar-refractivity contribution in [3.05, 3.63) is 88.8 Å². The molecule has 182 valence electrons. The van der Waals surface area contributed by atoms with Gasteiger partial charge in [-0.1, -0.05) is 5.16 Å².